The zero-order chi connectivity index (χ0) is 21.4. The molecule has 5 aromatic rings. The van der Waals surface area contributed by atoms with E-state index in [4.69, 9.17) is 9.72 Å². The number of aromatic nitrogens is 8. The first-order valence-corrected chi connectivity index (χ1v) is 10.3. The van der Waals surface area contributed by atoms with Crippen LogP contribution >= 0.6 is 11.8 Å². The van der Waals surface area contributed by atoms with Gasteiger partial charge in [0, 0.05) is 30.4 Å². The summed E-state index contributed by atoms with van der Waals surface area (Å²) in [7, 11) is 1.89. The van der Waals surface area contributed by atoms with E-state index in [9.17, 15) is 4.79 Å². The number of pyridine rings is 1. The maximum atomic E-state index is 12.3. The highest BCUT2D eigenvalue weighted by atomic mass is 32.2. The van der Waals surface area contributed by atoms with Gasteiger partial charge in [-0.05, 0) is 36.9 Å². The molecule has 0 saturated heterocycles. The number of esters is 1. The van der Waals surface area contributed by atoms with E-state index in [1.165, 1.54) is 11.8 Å². The lowest BCUT2D eigenvalue weighted by Gasteiger charge is -2.08. The van der Waals surface area contributed by atoms with Gasteiger partial charge in [0.2, 0.25) is 5.69 Å². The maximum absolute atomic E-state index is 12.3. The molecular weight excluding hydrogens is 416 g/mol. The molecule has 10 nitrogen and oxygen atoms in total. The molecule has 0 aliphatic rings. The normalized spacial score (nSPS) is 11.3. The van der Waals surface area contributed by atoms with Gasteiger partial charge in [0.05, 0.1) is 12.1 Å². The van der Waals surface area contributed by atoms with Crippen LogP contribution in [0.5, 0.6) is 0 Å². The Hall–Kier alpha value is -3.86. The van der Waals surface area contributed by atoms with Crippen molar-refractivity contribution >= 4 is 34.3 Å². The van der Waals surface area contributed by atoms with Crippen LogP contribution in [0.25, 0.3) is 27.9 Å². The fourth-order valence-corrected chi connectivity index (χ4v) is 4.08. The topological polar surface area (TPSA) is 113 Å². The van der Waals surface area contributed by atoms with Crippen molar-refractivity contribution in [3.63, 3.8) is 0 Å². The molecule has 1 aromatic carbocycles. The second kappa shape index (κ2) is 7.76. The lowest BCUT2D eigenvalue weighted by Crippen LogP contribution is -2.07. The van der Waals surface area contributed by atoms with Crippen LogP contribution in [0.4, 0.5) is 0 Å². The smallest absolute Gasteiger partial charge is 0.362 e. The molecule has 0 atom stereocenters. The van der Waals surface area contributed by atoms with Crippen molar-refractivity contribution in [2.45, 2.75) is 17.1 Å². The minimum absolute atomic E-state index is 0.0740. The predicted octanol–water partition coefficient (Wildman–Crippen LogP) is 2.80. The zero-order valence-electron chi connectivity index (χ0n) is 16.6. The van der Waals surface area contributed by atoms with Crippen LogP contribution in [0.3, 0.4) is 0 Å². The van der Waals surface area contributed by atoms with Crippen molar-refractivity contribution in [1.29, 1.82) is 0 Å². The monoisotopic (exact) mass is 432 g/mol. The molecule has 4 heterocycles. The summed E-state index contributed by atoms with van der Waals surface area (Å²) in [6, 6.07) is 11.4. The van der Waals surface area contributed by atoms with Crippen LogP contribution in [-0.4, -0.2) is 52.1 Å². The van der Waals surface area contributed by atoms with Crippen LogP contribution < -0.4 is 0 Å². The quantitative estimate of drug-likeness (QED) is 0.305. The predicted molar refractivity (Wildman–Crippen MR) is 113 cm³/mol. The highest BCUT2D eigenvalue weighted by Crippen LogP contribution is 2.33. The molecule has 0 bridgehead atoms. The Morgan fingerprint density at radius 3 is 2.71 bits per heavy atom. The number of hydrogen-bond donors (Lipinski definition) is 0. The zero-order valence-corrected chi connectivity index (χ0v) is 17.4. The lowest BCUT2D eigenvalue weighted by molar-refractivity contribution is 0.0521. The van der Waals surface area contributed by atoms with Gasteiger partial charge < -0.3 is 9.30 Å². The summed E-state index contributed by atoms with van der Waals surface area (Å²) in [5.41, 5.74) is 2.09. The molecule has 0 unspecified atom stereocenters. The minimum atomic E-state index is -0.560. The molecule has 0 radical (unpaired) electrons. The van der Waals surface area contributed by atoms with Crippen LogP contribution in [0.1, 0.15) is 17.4 Å². The second-order valence-electron chi connectivity index (χ2n) is 6.53. The summed E-state index contributed by atoms with van der Waals surface area (Å²) >= 11 is 1.35. The fraction of sp³-hybridized carbons (Fsp3) is 0.150. The van der Waals surface area contributed by atoms with Crippen molar-refractivity contribution in [3.8, 4) is 11.4 Å². The average Bonchev–Trinajstić information content (AvgIpc) is 3.39. The number of rotatable bonds is 5. The van der Waals surface area contributed by atoms with Gasteiger partial charge >= 0.3 is 5.97 Å². The number of hydrogen-bond acceptors (Lipinski definition) is 9. The molecule has 11 heteroatoms. The summed E-state index contributed by atoms with van der Waals surface area (Å²) < 4.78 is 8.54. The summed E-state index contributed by atoms with van der Waals surface area (Å²) in [6.45, 7) is 1.98. The Labute approximate surface area is 180 Å². The van der Waals surface area contributed by atoms with Crippen LogP contribution in [0.2, 0.25) is 0 Å². The van der Waals surface area contributed by atoms with E-state index in [-0.39, 0.29) is 12.3 Å². The number of carbonyl (C=O) groups excluding carboxylic acids is 1. The summed E-state index contributed by atoms with van der Waals surface area (Å²) in [4.78, 5) is 21.1. The van der Waals surface area contributed by atoms with E-state index < -0.39 is 5.97 Å². The van der Waals surface area contributed by atoms with Crippen molar-refractivity contribution < 1.29 is 9.53 Å². The van der Waals surface area contributed by atoms with Gasteiger partial charge in [-0.3, -0.25) is 4.98 Å². The standard InChI is InChI=1S/C20H16N8O2S/c1-3-30-19(29)15-17-22-18(13-6-4-5-7-14(13)28(17)26-23-15)31-20-25-24-16(27(20)2)12-8-10-21-11-9-12/h4-11H,3H2,1-2H3. The molecule has 0 saturated carbocycles. The van der Waals surface area contributed by atoms with Gasteiger partial charge in [0.25, 0.3) is 0 Å². The molecule has 5 rings (SSSR count). The molecule has 0 spiro atoms. The van der Waals surface area contributed by atoms with E-state index >= 15 is 0 Å². The number of ether oxygens (including phenoxy) is 1. The van der Waals surface area contributed by atoms with Crippen molar-refractivity contribution in [3.05, 3.63) is 54.5 Å². The first-order chi connectivity index (χ1) is 15.2. The lowest BCUT2D eigenvalue weighted by atomic mass is 10.2. The SMILES string of the molecule is CCOC(=O)c1nnn2c1nc(Sc1nnc(-c3ccncc3)n1C)c1ccccc12. The Morgan fingerprint density at radius 1 is 1.10 bits per heavy atom. The number of benzene rings is 1. The number of fused-ring (bicyclic) bond motifs is 3. The first-order valence-electron chi connectivity index (χ1n) is 9.46. The third-order valence-electron chi connectivity index (χ3n) is 4.65. The van der Waals surface area contributed by atoms with Gasteiger partial charge in [-0.25, -0.2) is 9.78 Å². The van der Waals surface area contributed by atoms with Gasteiger partial charge in [0.15, 0.2) is 16.6 Å². The first kappa shape index (κ1) is 19.1. The van der Waals surface area contributed by atoms with E-state index in [0.717, 1.165) is 16.5 Å². The molecule has 0 amide bonds. The maximum Gasteiger partial charge on any atom is 0.362 e. The Morgan fingerprint density at radius 2 is 1.90 bits per heavy atom. The van der Waals surface area contributed by atoms with Crippen molar-refractivity contribution in [1.82, 2.24) is 39.6 Å². The second-order valence-corrected chi connectivity index (χ2v) is 7.49. The molecule has 0 aliphatic heterocycles. The largest absolute Gasteiger partial charge is 0.461 e. The van der Waals surface area contributed by atoms with Crippen LogP contribution in [0, 0.1) is 0 Å². The summed E-state index contributed by atoms with van der Waals surface area (Å²) in [6.07, 6.45) is 3.42. The van der Waals surface area contributed by atoms with Crippen molar-refractivity contribution in [2.24, 2.45) is 7.05 Å². The summed E-state index contributed by atoms with van der Waals surface area (Å²) in [5.74, 6) is 0.156. The van der Waals surface area contributed by atoms with E-state index in [1.54, 1.807) is 23.8 Å². The molecule has 0 N–H and O–H groups in total. The van der Waals surface area contributed by atoms with E-state index in [2.05, 4.69) is 25.5 Å². The van der Waals surface area contributed by atoms with Gasteiger partial charge in [-0.15, -0.1) is 15.3 Å². The van der Waals surface area contributed by atoms with E-state index in [0.29, 0.717) is 21.7 Å². The molecular formula is C20H16N8O2S. The summed E-state index contributed by atoms with van der Waals surface area (Å²) in [5, 5.41) is 18.9. The third kappa shape index (κ3) is 3.28. The van der Waals surface area contributed by atoms with Crippen LogP contribution in [0.15, 0.2) is 59.0 Å². The van der Waals surface area contributed by atoms with Gasteiger partial charge in [0.1, 0.15) is 5.03 Å². The van der Waals surface area contributed by atoms with Crippen molar-refractivity contribution in [2.75, 3.05) is 6.61 Å². The number of carbonyl (C=O) groups is 1. The van der Waals surface area contributed by atoms with Gasteiger partial charge in [-0.1, -0.05) is 23.4 Å². The fourth-order valence-electron chi connectivity index (χ4n) is 3.19. The minimum Gasteiger partial charge on any atom is -0.461 e. The number of nitrogens with zero attached hydrogens (tertiary/aromatic N) is 8. The molecule has 4 aromatic heterocycles. The Bertz CT molecular complexity index is 1410. The molecule has 0 aliphatic carbocycles. The molecule has 0 fully saturated rings. The third-order valence-corrected chi connectivity index (χ3v) is 5.69. The molecule has 31 heavy (non-hydrogen) atoms. The van der Waals surface area contributed by atoms with Gasteiger partial charge in [-0.2, -0.15) is 4.52 Å². The number of para-hydroxylation sites is 1. The highest BCUT2D eigenvalue weighted by molar-refractivity contribution is 7.99. The van der Waals surface area contributed by atoms with Crippen LogP contribution in [-0.2, 0) is 11.8 Å². The average molecular weight is 432 g/mol. The van der Waals surface area contributed by atoms with E-state index in [1.807, 2.05) is 48.0 Å². The Kier molecular flexibility index (Phi) is 4.79. The highest BCUT2D eigenvalue weighted by Gasteiger charge is 2.22. The molecule has 154 valence electrons. The Balaban J connectivity index is 1.63.